The molecule has 1 aliphatic carbocycles. The van der Waals surface area contributed by atoms with Crippen molar-refractivity contribution in [1.29, 1.82) is 0 Å². The van der Waals surface area contributed by atoms with Crippen molar-refractivity contribution in [2.24, 2.45) is 5.92 Å². The van der Waals surface area contributed by atoms with Crippen molar-refractivity contribution >= 4 is 0 Å². The van der Waals surface area contributed by atoms with Crippen LogP contribution in [0.2, 0.25) is 0 Å². The minimum Gasteiger partial charge on any atom is -0.493 e. The molecule has 0 aliphatic heterocycles. The van der Waals surface area contributed by atoms with Crippen LogP contribution in [-0.4, -0.2) is 11.7 Å². The highest BCUT2D eigenvalue weighted by atomic mass is 19.2. The van der Waals surface area contributed by atoms with Crippen LogP contribution in [0.4, 0.5) is 13.2 Å². The molecule has 5 heteroatoms. The summed E-state index contributed by atoms with van der Waals surface area (Å²) in [4.78, 5) is 0. The van der Waals surface area contributed by atoms with Gasteiger partial charge in [-0.3, -0.25) is 0 Å². The molecule has 0 bridgehead atoms. The van der Waals surface area contributed by atoms with Crippen LogP contribution in [0.15, 0.2) is 67.3 Å². The van der Waals surface area contributed by atoms with Gasteiger partial charge >= 0.3 is 0 Å². The lowest BCUT2D eigenvalue weighted by atomic mass is 9.76. The normalized spacial score (nSPS) is 18.4. The average Bonchev–Trinajstić information content (AvgIpc) is 2.90. The van der Waals surface area contributed by atoms with E-state index in [9.17, 15) is 9.50 Å². The SMILES string of the molecule is C=CCCOc1ccc(CCC2CCC(c3ccc(-c4ccc(C(C)O)cc4)c(F)c3F)CC2)c(F)c1. The van der Waals surface area contributed by atoms with Crippen molar-refractivity contribution in [3.8, 4) is 16.9 Å². The van der Waals surface area contributed by atoms with Gasteiger partial charge in [-0.25, -0.2) is 13.2 Å². The van der Waals surface area contributed by atoms with Crippen LogP contribution in [0.5, 0.6) is 5.75 Å². The molecule has 0 amide bonds. The molecule has 0 radical (unpaired) electrons. The zero-order chi connectivity index (χ0) is 26.4. The van der Waals surface area contributed by atoms with E-state index < -0.39 is 17.7 Å². The number of hydrogen-bond acceptors (Lipinski definition) is 2. The molecule has 1 saturated carbocycles. The predicted molar refractivity (Wildman–Crippen MR) is 142 cm³/mol. The second-order valence-electron chi connectivity index (χ2n) is 10.1. The molecule has 3 aromatic rings. The van der Waals surface area contributed by atoms with Crippen LogP contribution in [0, 0.1) is 23.4 Å². The third kappa shape index (κ3) is 6.64. The van der Waals surface area contributed by atoms with Gasteiger partial charge in [0.05, 0.1) is 12.7 Å². The molecule has 0 spiro atoms. The lowest BCUT2D eigenvalue weighted by molar-refractivity contribution is 0.199. The number of ether oxygens (including phenoxy) is 1. The Morgan fingerprint density at radius 2 is 1.70 bits per heavy atom. The van der Waals surface area contributed by atoms with Gasteiger partial charge in [0.1, 0.15) is 11.6 Å². The molecular weight excluding hydrogens is 473 g/mol. The van der Waals surface area contributed by atoms with E-state index in [4.69, 9.17) is 4.74 Å². The van der Waals surface area contributed by atoms with E-state index in [0.29, 0.717) is 47.8 Å². The maximum absolute atomic E-state index is 15.1. The van der Waals surface area contributed by atoms with Gasteiger partial charge in [-0.2, -0.15) is 0 Å². The number of halogens is 3. The topological polar surface area (TPSA) is 29.5 Å². The van der Waals surface area contributed by atoms with Crippen LogP contribution in [0.25, 0.3) is 11.1 Å². The number of aryl methyl sites for hydroxylation is 1. The summed E-state index contributed by atoms with van der Waals surface area (Å²) < 4.78 is 50.2. The molecule has 1 atom stereocenters. The molecule has 2 nitrogen and oxygen atoms in total. The first kappa shape index (κ1) is 27.0. The summed E-state index contributed by atoms with van der Waals surface area (Å²) in [5.74, 6) is -0.877. The molecule has 0 aromatic heterocycles. The number of benzene rings is 3. The Hall–Kier alpha value is -3.05. The Labute approximate surface area is 217 Å². The summed E-state index contributed by atoms with van der Waals surface area (Å²) in [7, 11) is 0. The van der Waals surface area contributed by atoms with Gasteiger partial charge in [0.15, 0.2) is 11.6 Å². The molecule has 1 unspecified atom stereocenters. The average molecular weight is 509 g/mol. The van der Waals surface area contributed by atoms with Crippen LogP contribution < -0.4 is 4.74 Å². The van der Waals surface area contributed by atoms with Crippen LogP contribution >= 0.6 is 0 Å². The van der Waals surface area contributed by atoms with E-state index in [0.717, 1.165) is 37.7 Å². The van der Waals surface area contributed by atoms with E-state index in [2.05, 4.69) is 6.58 Å². The first-order chi connectivity index (χ1) is 17.9. The highest BCUT2D eigenvalue weighted by molar-refractivity contribution is 5.65. The minimum atomic E-state index is -0.822. The van der Waals surface area contributed by atoms with Gasteiger partial charge in [0.25, 0.3) is 0 Å². The molecule has 3 aromatic carbocycles. The van der Waals surface area contributed by atoms with Crippen molar-refractivity contribution in [2.75, 3.05) is 6.61 Å². The maximum atomic E-state index is 15.1. The summed E-state index contributed by atoms with van der Waals surface area (Å²) >= 11 is 0. The summed E-state index contributed by atoms with van der Waals surface area (Å²) in [6.07, 6.45) is 6.81. The Morgan fingerprint density at radius 3 is 2.35 bits per heavy atom. The lowest BCUT2D eigenvalue weighted by Crippen LogP contribution is -2.16. The second kappa shape index (κ2) is 12.5. The Bertz CT molecular complexity index is 1200. The van der Waals surface area contributed by atoms with Gasteiger partial charge in [0, 0.05) is 11.6 Å². The molecule has 1 N–H and O–H groups in total. The van der Waals surface area contributed by atoms with E-state index in [1.165, 1.54) is 6.07 Å². The van der Waals surface area contributed by atoms with E-state index in [-0.39, 0.29) is 17.3 Å². The smallest absolute Gasteiger partial charge is 0.166 e. The first-order valence-corrected chi connectivity index (χ1v) is 13.2. The van der Waals surface area contributed by atoms with Crippen molar-refractivity contribution in [1.82, 2.24) is 0 Å². The highest BCUT2D eigenvalue weighted by Gasteiger charge is 2.26. The molecule has 37 heavy (non-hydrogen) atoms. The molecule has 4 rings (SSSR count). The van der Waals surface area contributed by atoms with Crippen LogP contribution in [0.3, 0.4) is 0 Å². The number of rotatable bonds is 10. The van der Waals surface area contributed by atoms with Gasteiger partial charge in [-0.15, -0.1) is 6.58 Å². The zero-order valence-electron chi connectivity index (χ0n) is 21.4. The summed E-state index contributed by atoms with van der Waals surface area (Å²) in [5.41, 5.74) is 2.67. The maximum Gasteiger partial charge on any atom is 0.166 e. The van der Waals surface area contributed by atoms with Crippen molar-refractivity contribution in [2.45, 2.75) is 63.9 Å². The summed E-state index contributed by atoms with van der Waals surface area (Å²) in [6.45, 7) is 5.79. The monoisotopic (exact) mass is 508 g/mol. The quantitative estimate of drug-likeness (QED) is 0.219. The van der Waals surface area contributed by atoms with E-state index in [1.54, 1.807) is 61.5 Å². The molecule has 0 saturated heterocycles. The Kier molecular flexibility index (Phi) is 9.09. The predicted octanol–water partition coefficient (Wildman–Crippen LogP) is 8.69. The number of aliphatic hydroxyl groups excluding tert-OH is 1. The Balaban J connectivity index is 1.33. The van der Waals surface area contributed by atoms with Crippen LogP contribution in [0.1, 0.15) is 74.2 Å². The van der Waals surface area contributed by atoms with Crippen LogP contribution in [-0.2, 0) is 6.42 Å². The third-order valence-electron chi connectivity index (χ3n) is 7.54. The largest absolute Gasteiger partial charge is 0.493 e. The molecule has 0 heterocycles. The second-order valence-corrected chi connectivity index (χ2v) is 10.1. The molecule has 196 valence electrons. The lowest BCUT2D eigenvalue weighted by Gasteiger charge is -2.29. The zero-order valence-corrected chi connectivity index (χ0v) is 21.4. The number of aliphatic hydroxyl groups is 1. The van der Waals surface area contributed by atoms with Crippen molar-refractivity contribution in [3.63, 3.8) is 0 Å². The van der Waals surface area contributed by atoms with E-state index >= 15 is 8.78 Å². The highest BCUT2D eigenvalue weighted by Crippen LogP contribution is 2.40. The minimum absolute atomic E-state index is 0.0128. The van der Waals surface area contributed by atoms with Crippen molar-refractivity contribution in [3.05, 3.63) is 101 Å². The molecule has 1 fully saturated rings. The summed E-state index contributed by atoms with van der Waals surface area (Å²) in [5, 5.41) is 9.67. The standard InChI is InChI=1S/C32H35F3O2/c1-3-4-19-37-27-16-15-26(30(33)20-27)10-7-22-5-8-24(9-6-22)28-17-18-29(32(35)31(28)34)25-13-11-23(12-14-25)21(2)36/h3,11-18,20-22,24,36H,1,4-10,19H2,2H3. The van der Waals surface area contributed by atoms with E-state index in [1.807, 2.05) is 0 Å². The van der Waals surface area contributed by atoms with Gasteiger partial charge < -0.3 is 9.84 Å². The first-order valence-electron chi connectivity index (χ1n) is 13.2. The fourth-order valence-corrected chi connectivity index (χ4v) is 5.25. The fraction of sp³-hybridized carbons (Fsp3) is 0.375. The third-order valence-corrected chi connectivity index (χ3v) is 7.54. The summed E-state index contributed by atoms with van der Waals surface area (Å²) in [6, 6.07) is 15.3. The number of hydrogen-bond donors (Lipinski definition) is 1. The van der Waals surface area contributed by atoms with Gasteiger partial charge in [0.2, 0.25) is 0 Å². The molecular formula is C32H35F3O2. The van der Waals surface area contributed by atoms with Gasteiger partial charge in [-0.1, -0.05) is 48.5 Å². The van der Waals surface area contributed by atoms with Crippen molar-refractivity contribution < 1.29 is 23.0 Å². The fourth-order valence-electron chi connectivity index (χ4n) is 5.25. The Morgan fingerprint density at radius 1 is 0.973 bits per heavy atom. The molecule has 1 aliphatic rings. The van der Waals surface area contributed by atoms with Gasteiger partial charge in [-0.05, 0) is 92.0 Å².